The third kappa shape index (κ3) is 5.68. The maximum atomic E-state index is 15.4. The normalized spacial score (nSPS) is 15.2. The Labute approximate surface area is 230 Å². The minimum absolute atomic E-state index is 0.0622. The van der Waals surface area contributed by atoms with Gasteiger partial charge in [0.05, 0.1) is 23.7 Å². The van der Waals surface area contributed by atoms with E-state index in [9.17, 15) is 4.39 Å². The lowest BCUT2D eigenvalue weighted by Gasteiger charge is -2.15. The van der Waals surface area contributed by atoms with Crippen molar-refractivity contribution in [1.29, 1.82) is 0 Å². The summed E-state index contributed by atoms with van der Waals surface area (Å²) in [5.74, 6) is 0.677. The van der Waals surface area contributed by atoms with Crippen molar-refractivity contribution in [2.45, 2.75) is 38.5 Å². The first kappa shape index (κ1) is 25.5. The number of rotatable bonds is 8. The molecule has 1 unspecified atom stereocenters. The minimum atomic E-state index is -0.416. The van der Waals surface area contributed by atoms with Crippen molar-refractivity contribution in [3.63, 3.8) is 0 Å². The Morgan fingerprint density at radius 2 is 1.72 bits per heavy atom. The SMILES string of the molecule is Fc1cc(Cl)ccc1COc1cccc(-c2ccc(Cc3nc4ccccc4n3CC3CCCO3)c(F)c2)c1. The second kappa shape index (κ2) is 11.2. The molecule has 1 fully saturated rings. The van der Waals surface area contributed by atoms with Gasteiger partial charge in [-0.2, -0.15) is 0 Å². The van der Waals surface area contributed by atoms with Crippen LogP contribution in [0.2, 0.25) is 5.02 Å². The highest BCUT2D eigenvalue weighted by Crippen LogP contribution is 2.28. The number of fused-ring (bicyclic) bond motifs is 1. The summed E-state index contributed by atoms with van der Waals surface area (Å²) in [7, 11) is 0. The number of ether oxygens (including phenoxy) is 2. The molecule has 39 heavy (non-hydrogen) atoms. The molecule has 1 aliphatic rings. The van der Waals surface area contributed by atoms with E-state index >= 15 is 4.39 Å². The van der Waals surface area contributed by atoms with E-state index in [-0.39, 0.29) is 18.5 Å². The van der Waals surface area contributed by atoms with Crippen molar-refractivity contribution >= 4 is 22.6 Å². The number of halogens is 3. The van der Waals surface area contributed by atoms with E-state index in [1.807, 2.05) is 48.5 Å². The molecule has 1 aliphatic heterocycles. The zero-order chi connectivity index (χ0) is 26.8. The van der Waals surface area contributed by atoms with Crippen LogP contribution < -0.4 is 4.74 Å². The van der Waals surface area contributed by atoms with Crippen LogP contribution >= 0.6 is 11.6 Å². The number of imidazole rings is 1. The number of nitrogens with zero attached hydrogens (tertiary/aromatic N) is 2. The molecule has 0 bridgehead atoms. The van der Waals surface area contributed by atoms with Crippen LogP contribution in [0.1, 0.15) is 29.8 Å². The van der Waals surface area contributed by atoms with Gasteiger partial charge in [0.2, 0.25) is 0 Å². The molecule has 198 valence electrons. The molecular weight excluding hydrogens is 518 g/mol. The van der Waals surface area contributed by atoms with Gasteiger partial charge in [0.25, 0.3) is 0 Å². The van der Waals surface area contributed by atoms with Crippen molar-refractivity contribution in [1.82, 2.24) is 9.55 Å². The second-order valence-electron chi connectivity index (χ2n) is 9.80. The molecular formula is C32H27ClF2N2O2. The number of benzene rings is 4. The molecule has 0 amide bonds. The monoisotopic (exact) mass is 544 g/mol. The fraction of sp³-hybridized carbons (Fsp3) is 0.219. The van der Waals surface area contributed by atoms with Gasteiger partial charge in [-0.1, -0.05) is 54.1 Å². The number of hydrogen-bond acceptors (Lipinski definition) is 3. The Morgan fingerprint density at radius 3 is 2.54 bits per heavy atom. The molecule has 1 atom stereocenters. The van der Waals surface area contributed by atoms with Crippen LogP contribution in [-0.2, 0) is 24.3 Å². The first-order chi connectivity index (χ1) is 19.0. The smallest absolute Gasteiger partial charge is 0.131 e. The standard InChI is InChI=1S/C32H27ClF2N2O2/c33-25-13-12-24(29(35)18-25)20-39-26-6-3-5-21(15-26)22-10-11-23(28(34)16-22)17-32-36-30-8-1-2-9-31(30)37(32)19-27-7-4-14-38-27/h1-3,5-6,8-13,15-16,18,27H,4,7,14,17,19-20H2. The summed E-state index contributed by atoms with van der Waals surface area (Å²) in [6, 6.07) is 25.1. The van der Waals surface area contributed by atoms with Gasteiger partial charge in [-0.15, -0.1) is 0 Å². The van der Waals surface area contributed by atoms with Crippen LogP contribution in [0.25, 0.3) is 22.2 Å². The molecule has 4 nitrogen and oxygen atoms in total. The zero-order valence-electron chi connectivity index (χ0n) is 21.2. The van der Waals surface area contributed by atoms with Gasteiger partial charge in [0.15, 0.2) is 0 Å². The van der Waals surface area contributed by atoms with Crippen molar-refractivity contribution < 1.29 is 18.3 Å². The van der Waals surface area contributed by atoms with Crippen molar-refractivity contribution in [3.05, 3.63) is 119 Å². The third-order valence-corrected chi connectivity index (χ3v) is 7.36. The molecule has 2 heterocycles. The van der Waals surface area contributed by atoms with Crippen LogP contribution in [0.15, 0.2) is 84.9 Å². The van der Waals surface area contributed by atoms with Gasteiger partial charge >= 0.3 is 0 Å². The van der Waals surface area contributed by atoms with E-state index in [2.05, 4.69) is 10.6 Å². The minimum Gasteiger partial charge on any atom is -0.489 e. The molecule has 0 radical (unpaired) electrons. The average Bonchev–Trinajstić information content (AvgIpc) is 3.58. The van der Waals surface area contributed by atoms with Crippen molar-refractivity contribution in [3.8, 4) is 16.9 Å². The van der Waals surface area contributed by atoms with Gasteiger partial charge in [-0.25, -0.2) is 13.8 Å². The van der Waals surface area contributed by atoms with E-state index in [0.29, 0.717) is 34.9 Å². The van der Waals surface area contributed by atoms with Gasteiger partial charge in [0.1, 0.15) is 29.8 Å². The summed E-state index contributed by atoms with van der Waals surface area (Å²) in [6.45, 7) is 1.56. The maximum absolute atomic E-state index is 15.4. The summed E-state index contributed by atoms with van der Waals surface area (Å²) in [4.78, 5) is 4.83. The van der Waals surface area contributed by atoms with Gasteiger partial charge in [-0.3, -0.25) is 0 Å². The first-order valence-corrected chi connectivity index (χ1v) is 13.4. The first-order valence-electron chi connectivity index (χ1n) is 13.0. The summed E-state index contributed by atoms with van der Waals surface area (Å²) in [6.07, 6.45) is 2.61. The lowest BCUT2D eigenvalue weighted by Crippen LogP contribution is -2.17. The van der Waals surface area contributed by atoms with Gasteiger partial charge in [-0.05, 0) is 72.0 Å². The van der Waals surface area contributed by atoms with E-state index in [4.69, 9.17) is 26.1 Å². The van der Waals surface area contributed by atoms with Crippen LogP contribution in [0.4, 0.5) is 8.78 Å². The third-order valence-electron chi connectivity index (χ3n) is 7.12. The highest BCUT2D eigenvalue weighted by Gasteiger charge is 2.20. The molecule has 6 rings (SSSR count). The van der Waals surface area contributed by atoms with E-state index < -0.39 is 5.82 Å². The average molecular weight is 545 g/mol. The van der Waals surface area contributed by atoms with Crippen molar-refractivity contribution in [2.75, 3.05) is 6.61 Å². The molecule has 0 spiro atoms. The van der Waals surface area contributed by atoms with E-state index in [0.717, 1.165) is 47.4 Å². The van der Waals surface area contributed by atoms with Crippen LogP contribution in [-0.4, -0.2) is 22.3 Å². The molecule has 4 aromatic carbocycles. The number of aromatic nitrogens is 2. The summed E-state index contributed by atoms with van der Waals surface area (Å²) in [5, 5.41) is 0.337. The number of hydrogen-bond donors (Lipinski definition) is 0. The predicted molar refractivity (Wildman–Crippen MR) is 149 cm³/mol. The Hall–Kier alpha value is -3.74. The topological polar surface area (TPSA) is 36.3 Å². The quantitative estimate of drug-likeness (QED) is 0.199. The molecule has 5 aromatic rings. The lowest BCUT2D eigenvalue weighted by molar-refractivity contribution is 0.0973. The summed E-state index contributed by atoms with van der Waals surface area (Å²) in [5.41, 5.74) is 4.46. The highest BCUT2D eigenvalue weighted by atomic mass is 35.5. The Morgan fingerprint density at radius 1 is 0.897 bits per heavy atom. The summed E-state index contributed by atoms with van der Waals surface area (Å²) < 4.78 is 43.4. The summed E-state index contributed by atoms with van der Waals surface area (Å²) >= 11 is 5.83. The van der Waals surface area contributed by atoms with E-state index in [1.165, 1.54) is 6.07 Å². The highest BCUT2D eigenvalue weighted by molar-refractivity contribution is 6.30. The van der Waals surface area contributed by atoms with Crippen LogP contribution in [0.5, 0.6) is 5.75 Å². The Bertz CT molecular complexity index is 1630. The van der Waals surface area contributed by atoms with Crippen LogP contribution in [0.3, 0.4) is 0 Å². The molecule has 0 aliphatic carbocycles. The van der Waals surface area contributed by atoms with Crippen LogP contribution in [0, 0.1) is 11.6 Å². The largest absolute Gasteiger partial charge is 0.489 e. The lowest BCUT2D eigenvalue weighted by atomic mass is 10.0. The molecule has 1 aromatic heterocycles. The van der Waals surface area contributed by atoms with Gasteiger partial charge in [0, 0.05) is 23.6 Å². The zero-order valence-corrected chi connectivity index (χ0v) is 22.0. The number of para-hydroxylation sites is 2. The van der Waals surface area contributed by atoms with Gasteiger partial charge < -0.3 is 14.0 Å². The maximum Gasteiger partial charge on any atom is 0.131 e. The molecule has 0 saturated carbocycles. The molecule has 0 N–H and O–H groups in total. The van der Waals surface area contributed by atoms with E-state index in [1.54, 1.807) is 24.3 Å². The fourth-order valence-corrected chi connectivity index (χ4v) is 5.22. The predicted octanol–water partition coefficient (Wildman–Crippen LogP) is 7.98. The Kier molecular flexibility index (Phi) is 7.31. The fourth-order valence-electron chi connectivity index (χ4n) is 5.06. The molecule has 1 saturated heterocycles. The Balaban J connectivity index is 1.21. The van der Waals surface area contributed by atoms with Crippen molar-refractivity contribution in [2.24, 2.45) is 0 Å². The molecule has 7 heteroatoms. The second-order valence-corrected chi connectivity index (χ2v) is 10.2.